The molecule has 1 amide bonds. The first-order chi connectivity index (χ1) is 14.3. The number of nitriles is 1. The molecular formula is C21H17N5O4. The van der Waals surface area contributed by atoms with Gasteiger partial charge in [-0.2, -0.15) is 10.4 Å². The Balaban J connectivity index is 1.86. The molecule has 2 aromatic carbocycles. The van der Waals surface area contributed by atoms with Crippen LogP contribution < -0.4 is 10.9 Å². The highest BCUT2D eigenvalue weighted by molar-refractivity contribution is 5.92. The minimum Gasteiger partial charge on any atom is -0.323 e. The Bertz CT molecular complexity index is 1260. The molecule has 30 heavy (non-hydrogen) atoms. The van der Waals surface area contributed by atoms with Crippen LogP contribution in [0.1, 0.15) is 16.7 Å². The van der Waals surface area contributed by atoms with Gasteiger partial charge in [0, 0.05) is 23.8 Å². The summed E-state index contributed by atoms with van der Waals surface area (Å²) in [5.74, 6) is -0.590. The summed E-state index contributed by atoms with van der Waals surface area (Å²) in [4.78, 5) is 34.8. The molecular weight excluding hydrogens is 386 g/mol. The van der Waals surface area contributed by atoms with Gasteiger partial charge in [0.1, 0.15) is 12.6 Å². The first kappa shape index (κ1) is 20.4. The lowest BCUT2D eigenvalue weighted by atomic mass is 10.0. The van der Waals surface area contributed by atoms with E-state index in [9.17, 15) is 25.0 Å². The number of amides is 1. The van der Waals surface area contributed by atoms with Gasteiger partial charge < -0.3 is 5.32 Å². The number of nitrogens with zero attached hydrogens (tertiary/aromatic N) is 4. The zero-order chi connectivity index (χ0) is 21.8. The standard InChI is InChI=1S/C21H17N5O4/c1-13-3-4-14(2)17(9-13)19-7-8-21(28)25(24-19)12-20(27)23-18-6-5-16(26(29)30)10-15(18)11-22/h3-10H,12H2,1-2H3,(H,23,27). The molecule has 0 aliphatic carbocycles. The number of nitrogens with one attached hydrogen (secondary N) is 1. The Morgan fingerprint density at radius 1 is 1.20 bits per heavy atom. The largest absolute Gasteiger partial charge is 0.323 e. The number of benzene rings is 2. The molecule has 150 valence electrons. The topological polar surface area (TPSA) is 131 Å². The summed E-state index contributed by atoms with van der Waals surface area (Å²) in [5.41, 5.74) is 2.77. The number of carbonyl (C=O) groups excluding carboxylic acids is 1. The zero-order valence-electron chi connectivity index (χ0n) is 16.2. The molecule has 0 bridgehead atoms. The molecule has 0 fully saturated rings. The van der Waals surface area contributed by atoms with Crippen LogP contribution in [0.3, 0.4) is 0 Å². The van der Waals surface area contributed by atoms with Crippen LogP contribution in [0.5, 0.6) is 0 Å². The number of anilines is 1. The van der Waals surface area contributed by atoms with Gasteiger partial charge >= 0.3 is 0 Å². The van der Waals surface area contributed by atoms with E-state index in [-0.39, 0.29) is 23.5 Å². The van der Waals surface area contributed by atoms with Crippen LogP contribution in [0.4, 0.5) is 11.4 Å². The highest BCUT2D eigenvalue weighted by atomic mass is 16.6. The van der Waals surface area contributed by atoms with E-state index in [2.05, 4.69) is 10.4 Å². The van der Waals surface area contributed by atoms with E-state index < -0.39 is 16.4 Å². The quantitative estimate of drug-likeness (QED) is 0.515. The first-order valence-corrected chi connectivity index (χ1v) is 8.92. The monoisotopic (exact) mass is 403 g/mol. The number of hydrogen-bond donors (Lipinski definition) is 1. The van der Waals surface area contributed by atoms with Crippen LogP contribution in [0.25, 0.3) is 11.3 Å². The van der Waals surface area contributed by atoms with E-state index in [1.807, 2.05) is 38.1 Å². The van der Waals surface area contributed by atoms with Gasteiger partial charge in [-0.05, 0) is 37.6 Å². The van der Waals surface area contributed by atoms with Gasteiger partial charge in [-0.3, -0.25) is 19.7 Å². The summed E-state index contributed by atoms with van der Waals surface area (Å²) in [7, 11) is 0. The second kappa shape index (κ2) is 8.36. The zero-order valence-corrected chi connectivity index (χ0v) is 16.2. The average molecular weight is 403 g/mol. The highest BCUT2D eigenvalue weighted by Crippen LogP contribution is 2.23. The molecule has 1 N–H and O–H groups in total. The third kappa shape index (κ3) is 4.39. The van der Waals surface area contributed by atoms with Crippen LogP contribution in [-0.2, 0) is 11.3 Å². The maximum atomic E-state index is 12.4. The van der Waals surface area contributed by atoms with Crippen LogP contribution in [0.2, 0.25) is 0 Å². The number of aromatic nitrogens is 2. The van der Waals surface area contributed by atoms with Crippen molar-refractivity contribution in [3.8, 4) is 17.3 Å². The molecule has 9 nitrogen and oxygen atoms in total. The fourth-order valence-corrected chi connectivity index (χ4v) is 2.89. The summed E-state index contributed by atoms with van der Waals surface area (Å²) in [5, 5.41) is 26.8. The maximum absolute atomic E-state index is 12.4. The van der Waals surface area contributed by atoms with Gasteiger partial charge in [0.25, 0.3) is 11.2 Å². The molecule has 1 aromatic heterocycles. The van der Waals surface area contributed by atoms with Crippen molar-refractivity contribution in [2.24, 2.45) is 0 Å². The maximum Gasteiger partial charge on any atom is 0.270 e. The molecule has 0 saturated heterocycles. The number of rotatable bonds is 5. The van der Waals surface area contributed by atoms with Gasteiger partial charge in [-0.15, -0.1) is 0 Å². The molecule has 3 rings (SSSR count). The number of carbonyl (C=O) groups is 1. The highest BCUT2D eigenvalue weighted by Gasteiger charge is 2.14. The summed E-state index contributed by atoms with van der Waals surface area (Å²) < 4.78 is 1.03. The molecule has 9 heteroatoms. The fraction of sp³-hybridized carbons (Fsp3) is 0.143. The normalized spacial score (nSPS) is 10.3. The van der Waals surface area contributed by atoms with E-state index in [1.165, 1.54) is 18.2 Å². The smallest absolute Gasteiger partial charge is 0.270 e. The summed E-state index contributed by atoms with van der Waals surface area (Å²) in [6.07, 6.45) is 0. The summed E-state index contributed by atoms with van der Waals surface area (Å²) >= 11 is 0. The Morgan fingerprint density at radius 2 is 1.97 bits per heavy atom. The van der Waals surface area contributed by atoms with E-state index in [1.54, 1.807) is 6.07 Å². The Kier molecular flexibility index (Phi) is 5.69. The molecule has 0 atom stereocenters. The third-order valence-corrected chi connectivity index (χ3v) is 4.44. The molecule has 0 radical (unpaired) electrons. The number of nitro benzene ring substituents is 1. The summed E-state index contributed by atoms with van der Waals surface area (Å²) in [6.45, 7) is 3.50. The van der Waals surface area contributed by atoms with Crippen molar-refractivity contribution in [1.29, 1.82) is 5.26 Å². The third-order valence-electron chi connectivity index (χ3n) is 4.44. The lowest BCUT2D eigenvalue weighted by Crippen LogP contribution is -2.29. The van der Waals surface area contributed by atoms with Crippen molar-refractivity contribution in [2.45, 2.75) is 20.4 Å². The van der Waals surface area contributed by atoms with E-state index >= 15 is 0 Å². The van der Waals surface area contributed by atoms with Crippen molar-refractivity contribution < 1.29 is 9.72 Å². The SMILES string of the molecule is Cc1ccc(C)c(-c2ccc(=O)n(CC(=O)Nc3ccc([N+](=O)[O-])cc3C#N)n2)c1. The number of nitro groups is 1. The number of hydrogen-bond acceptors (Lipinski definition) is 6. The van der Waals surface area contributed by atoms with Crippen LogP contribution in [-0.4, -0.2) is 20.6 Å². The van der Waals surface area contributed by atoms with E-state index in [0.29, 0.717) is 5.69 Å². The van der Waals surface area contributed by atoms with E-state index in [4.69, 9.17) is 0 Å². The molecule has 0 spiro atoms. The second-order valence-corrected chi connectivity index (χ2v) is 6.68. The van der Waals surface area contributed by atoms with Crippen LogP contribution >= 0.6 is 0 Å². The molecule has 0 unspecified atom stereocenters. The molecule has 0 saturated carbocycles. The predicted octanol–water partition coefficient (Wildman–Crippen LogP) is 2.95. The number of aryl methyl sites for hydroxylation is 2. The van der Waals surface area contributed by atoms with Gasteiger partial charge in [0.15, 0.2) is 0 Å². The Hall–Kier alpha value is -4.32. The minimum absolute atomic E-state index is 0.0537. The van der Waals surface area contributed by atoms with Gasteiger partial charge in [0.2, 0.25) is 5.91 Å². The second-order valence-electron chi connectivity index (χ2n) is 6.68. The van der Waals surface area contributed by atoms with Crippen LogP contribution in [0.15, 0.2) is 53.3 Å². The average Bonchev–Trinajstić information content (AvgIpc) is 2.71. The molecule has 3 aromatic rings. The van der Waals surface area contributed by atoms with Gasteiger partial charge in [-0.25, -0.2) is 4.68 Å². The van der Waals surface area contributed by atoms with Crippen molar-refractivity contribution >= 4 is 17.3 Å². The summed E-state index contributed by atoms with van der Waals surface area (Å²) in [6, 6.07) is 14.1. The first-order valence-electron chi connectivity index (χ1n) is 8.92. The molecule has 0 aliphatic rings. The molecule has 0 aliphatic heterocycles. The van der Waals surface area contributed by atoms with E-state index in [0.717, 1.165) is 27.4 Å². The fourth-order valence-electron chi connectivity index (χ4n) is 2.89. The Morgan fingerprint density at radius 3 is 2.67 bits per heavy atom. The minimum atomic E-state index is -0.630. The van der Waals surface area contributed by atoms with Gasteiger partial charge in [0.05, 0.1) is 21.9 Å². The van der Waals surface area contributed by atoms with Crippen molar-refractivity contribution in [2.75, 3.05) is 5.32 Å². The lowest BCUT2D eigenvalue weighted by Gasteiger charge is -2.11. The molecule has 1 heterocycles. The lowest BCUT2D eigenvalue weighted by molar-refractivity contribution is -0.384. The number of non-ortho nitro benzene ring substituents is 1. The predicted molar refractivity (Wildman–Crippen MR) is 110 cm³/mol. The van der Waals surface area contributed by atoms with Crippen molar-refractivity contribution in [3.05, 3.63) is 85.7 Å². The van der Waals surface area contributed by atoms with Crippen molar-refractivity contribution in [3.63, 3.8) is 0 Å². The van der Waals surface area contributed by atoms with Gasteiger partial charge in [-0.1, -0.05) is 17.7 Å². The Labute approximate surface area is 171 Å². The van der Waals surface area contributed by atoms with Crippen LogP contribution in [0, 0.1) is 35.3 Å². The van der Waals surface area contributed by atoms with Crippen molar-refractivity contribution in [1.82, 2.24) is 9.78 Å².